The molecule has 124 valence electrons. The average Bonchev–Trinajstić information content (AvgIpc) is 3.36. The lowest BCUT2D eigenvalue weighted by molar-refractivity contribution is 0.419. The molecule has 1 spiro atoms. The zero-order chi connectivity index (χ0) is 16.1. The van der Waals surface area contributed by atoms with E-state index in [9.17, 15) is 0 Å². The van der Waals surface area contributed by atoms with E-state index in [0.717, 1.165) is 42.4 Å². The number of nitrogens with one attached hydrogen (secondary N) is 3. The number of aryl methyl sites for hydroxylation is 1. The highest BCUT2D eigenvalue weighted by molar-refractivity contribution is 6.01. The molecule has 1 atom stereocenters. The summed E-state index contributed by atoms with van der Waals surface area (Å²) in [5, 5.41) is 4.91. The van der Waals surface area contributed by atoms with Gasteiger partial charge in [-0.2, -0.15) is 0 Å². The molecule has 0 bridgehead atoms. The predicted molar refractivity (Wildman–Crippen MR) is 95.2 cm³/mol. The van der Waals surface area contributed by atoms with Crippen LogP contribution in [0.3, 0.4) is 0 Å². The van der Waals surface area contributed by atoms with Gasteiger partial charge in [-0.05, 0) is 38.8 Å². The number of hydrogen-bond acceptors (Lipinski definition) is 4. The predicted octanol–water partition coefficient (Wildman–Crippen LogP) is 2.59. The smallest absolute Gasteiger partial charge is 0.140 e. The van der Waals surface area contributed by atoms with Crippen LogP contribution in [0.1, 0.15) is 25.0 Å². The van der Waals surface area contributed by atoms with Gasteiger partial charge in [0.05, 0.1) is 11.1 Å². The molecule has 0 aliphatic carbocycles. The molecule has 0 aromatic carbocycles. The van der Waals surface area contributed by atoms with Crippen LogP contribution in [-0.2, 0) is 0 Å². The highest BCUT2D eigenvalue weighted by Crippen LogP contribution is 2.38. The van der Waals surface area contributed by atoms with Gasteiger partial charge in [-0.25, -0.2) is 9.97 Å². The molecule has 5 rings (SSSR count). The lowest BCUT2D eigenvalue weighted by atomic mass is 9.97. The third-order valence-electron chi connectivity index (χ3n) is 5.54. The topological polar surface area (TPSA) is 72.6 Å². The molecule has 2 saturated heterocycles. The first-order valence-electron chi connectivity index (χ1n) is 8.72. The Hall–Kier alpha value is -2.34. The lowest BCUT2D eigenvalue weighted by Crippen LogP contribution is -2.42. The van der Waals surface area contributed by atoms with E-state index in [1.807, 2.05) is 25.5 Å². The van der Waals surface area contributed by atoms with Gasteiger partial charge in [0.2, 0.25) is 0 Å². The quantitative estimate of drug-likeness (QED) is 0.678. The molecule has 0 radical (unpaired) electrons. The Morgan fingerprint density at radius 1 is 1.25 bits per heavy atom. The summed E-state index contributed by atoms with van der Waals surface area (Å²) in [6.45, 7) is 5.35. The monoisotopic (exact) mass is 322 g/mol. The van der Waals surface area contributed by atoms with Gasteiger partial charge in [0.1, 0.15) is 11.5 Å². The van der Waals surface area contributed by atoms with Crippen molar-refractivity contribution < 1.29 is 0 Å². The standard InChI is InChI=1S/C18H22N6/c1-12-9-20-16(23-12)13-10-21-17-15(13)14(3-7-19-17)24-8-5-18(11-24)4-2-6-22-18/h3,7,9-10,22H,2,4-6,8,11H2,1H3,(H,19,21)(H,20,23). The summed E-state index contributed by atoms with van der Waals surface area (Å²) in [5.74, 6) is 0.904. The van der Waals surface area contributed by atoms with Gasteiger partial charge in [0.25, 0.3) is 0 Å². The maximum absolute atomic E-state index is 4.52. The van der Waals surface area contributed by atoms with Crippen LogP contribution in [0.5, 0.6) is 0 Å². The molecule has 2 aliphatic rings. The third-order valence-corrected chi connectivity index (χ3v) is 5.54. The Bertz CT molecular complexity index is 886. The summed E-state index contributed by atoms with van der Waals surface area (Å²) < 4.78 is 0. The Morgan fingerprint density at radius 2 is 2.21 bits per heavy atom. The van der Waals surface area contributed by atoms with Crippen LogP contribution in [0.4, 0.5) is 5.69 Å². The first kappa shape index (κ1) is 14.0. The SMILES string of the molecule is Cc1cnc(-c2c[nH]c3nccc(N4CCC5(CCCN5)C4)c23)[nH]1. The Labute approximate surface area is 140 Å². The van der Waals surface area contributed by atoms with E-state index in [0.29, 0.717) is 5.54 Å². The number of H-pyrrole nitrogens is 2. The van der Waals surface area contributed by atoms with Crippen molar-refractivity contribution in [2.24, 2.45) is 0 Å². The number of fused-ring (bicyclic) bond motifs is 1. The molecule has 3 aromatic heterocycles. The third kappa shape index (κ3) is 2.06. The van der Waals surface area contributed by atoms with Crippen LogP contribution >= 0.6 is 0 Å². The summed E-state index contributed by atoms with van der Waals surface area (Å²) >= 11 is 0. The van der Waals surface area contributed by atoms with Crippen molar-refractivity contribution in [1.82, 2.24) is 25.3 Å². The molecule has 2 fully saturated rings. The second-order valence-electron chi connectivity index (χ2n) is 7.15. The molecule has 5 heterocycles. The van der Waals surface area contributed by atoms with Gasteiger partial charge in [0, 0.05) is 48.5 Å². The van der Waals surface area contributed by atoms with Gasteiger partial charge in [-0.15, -0.1) is 0 Å². The first-order valence-corrected chi connectivity index (χ1v) is 8.72. The minimum absolute atomic E-state index is 0.313. The lowest BCUT2D eigenvalue weighted by Gasteiger charge is -2.25. The van der Waals surface area contributed by atoms with E-state index in [-0.39, 0.29) is 0 Å². The van der Waals surface area contributed by atoms with E-state index in [1.54, 1.807) is 0 Å². The molecule has 3 N–H and O–H groups in total. The summed E-state index contributed by atoms with van der Waals surface area (Å²) in [7, 11) is 0. The van der Waals surface area contributed by atoms with E-state index >= 15 is 0 Å². The van der Waals surface area contributed by atoms with Gasteiger partial charge in [0.15, 0.2) is 0 Å². The zero-order valence-electron chi connectivity index (χ0n) is 13.9. The Balaban J connectivity index is 1.60. The van der Waals surface area contributed by atoms with Crippen LogP contribution in [-0.4, -0.2) is 45.1 Å². The van der Waals surface area contributed by atoms with Gasteiger partial charge in [-0.1, -0.05) is 0 Å². The van der Waals surface area contributed by atoms with E-state index in [2.05, 4.69) is 36.2 Å². The fraction of sp³-hybridized carbons (Fsp3) is 0.444. The fourth-order valence-corrected chi connectivity index (χ4v) is 4.33. The molecule has 1 unspecified atom stereocenters. The molecular weight excluding hydrogens is 300 g/mol. The highest BCUT2D eigenvalue weighted by Gasteiger charge is 2.40. The van der Waals surface area contributed by atoms with Crippen molar-refractivity contribution in [3.8, 4) is 11.4 Å². The molecule has 6 heteroatoms. The maximum atomic E-state index is 4.52. The zero-order valence-corrected chi connectivity index (χ0v) is 13.9. The number of pyridine rings is 1. The van der Waals surface area contributed by atoms with Gasteiger partial charge in [-0.3, -0.25) is 0 Å². The van der Waals surface area contributed by atoms with Crippen LogP contribution in [0.25, 0.3) is 22.4 Å². The van der Waals surface area contributed by atoms with Crippen molar-refractivity contribution in [2.75, 3.05) is 24.5 Å². The molecule has 24 heavy (non-hydrogen) atoms. The van der Waals surface area contributed by atoms with E-state index < -0.39 is 0 Å². The van der Waals surface area contributed by atoms with E-state index in [1.165, 1.54) is 30.3 Å². The number of aromatic nitrogens is 4. The summed E-state index contributed by atoms with van der Waals surface area (Å²) in [6.07, 6.45) is 9.58. The first-order chi connectivity index (χ1) is 11.7. The number of rotatable bonds is 2. The molecule has 6 nitrogen and oxygen atoms in total. The molecule has 2 aliphatic heterocycles. The Kier molecular flexibility index (Phi) is 2.97. The van der Waals surface area contributed by atoms with E-state index in [4.69, 9.17) is 0 Å². The number of hydrogen-bond donors (Lipinski definition) is 3. The second-order valence-corrected chi connectivity index (χ2v) is 7.15. The summed E-state index contributed by atoms with van der Waals surface area (Å²) in [5.41, 5.74) is 4.67. The number of aromatic amines is 2. The van der Waals surface area contributed by atoms with Crippen molar-refractivity contribution >= 4 is 16.7 Å². The highest BCUT2D eigenvalue weighted by atomic mass is 15.2. The van der Waals surface area contributed by atoms with Gasteiger partial charge >= 0.3 is 0 Å². The molecule has 0 saturated carbocycles. The van der Waals surface area contributed by atoms with Crippen molar-refractivity contribution in [3.05, 3.63) is 30.4 Å². The number of anilines is 1. The maximum Gasteiger partial charge on any atom is 0.140 e. The minimum Gasteiger partial charge on any atom is -0.369 e. The van der Waals surface area contributed by atoms with Crippen molar-refractivity contribution in [3.63, 3.8) is 0 Å². The van der Waals surface area contributed by atoms with Crippen LogP contribution in [0, 0.1) is 6.92 Å². The summed E-state index contributed by atoms with van der Waals surface area (Å²) in [6, 6.07) is 2.14. The second kappa shape index (κ2) is 5.08. The van der Waals surface area contributed by atoms with Crippen LogP contribution in [0.2, 0.25) is 0 Å². The molecule has 0 amide bonds. The van der Waals surface area contributed by atoms with Crippen molar-refractivity contribution in [1.29, 1.82) is 0 Å². The Morgan fingerprint density at radius 3 is 3.00 bits per heavy atom. The molecule has 3 aromatic rings. The van der Waals surface area contributed by atoms with Crippen LogP contribution in [0.15, 0.2) is 24.7 Å². The summed E-state index contributed by atoms with van der Waals surface area (Å²) in [4.78, 5) is 18.2. The van der Waals surface area contributed by atoms with Crippen molar-refractivity contribution in [2.45, 2.75) is 31.7 Å². The number of imidazole rings is 1. The fourth-order valence-electron chi connectivity index (χ4n) is 4.33. The van der Waals surface area contributed by atoms with Gasteiger partial charge < -0.3 is 20.2 Å². The van der Waals surface area contributed by atoms with Crippen LogP contribution < -0.4 is 10.2 Å². The molecular formula is C18H22N6. The largest absolute Gasteiger partial charge is 0.369 e. The normalized spacial score (nSPS) is 23.8. The number of nitrogens with zero attached hydrogens (tertiary/aromatic N) is 3. The average molecular weight is 322 g/mol. The minimum atomic E-state index is 0.313.